The van der Waals surface area contributed by atoms with Crippen molar-refractivity contribution in [3.63, 3.8) is 0 Å². The van der Waals surface area contributed by atoms with E-state index in [1.54, 1.807) is 0 Å². The van der Waals surface area contributed by atoms with Gasteiger partial charge in [-0.2, -0.15) is 0 Å². The van der Waals surface area contributed by atoms with Crippen molar-refractivity contribution >= 4 is 17.9 Å². The van der Waals surface area contributed by atoms with Crippen LogP contribution in [0.3, 0.4) is 0 Å². The zero-order chi connectivity index (χ0) is 50.6. The molecule has 69 heavy (non-hydrogen) atoms. The molecule has 0 aliphatic rings. The molecule has 0 heterocycles. The fourth-order valence-corrected chi connectivity index (χ4v) is 8.38. The first kappa shape index (κ1) is 66.5. The van der Waals surface area contributed by atoms with E-state index < -0.39 is 24.3 Å². The minimum Gasteiger partial charge on any atom is -0.477 e. The number of nitrogens with zero attached hydrogens (tertiary/aromatic N) is 1. The Kier molecular flexibility index (Phi) is 50.0. The lowest BCUT2D eigenvalue weighted by molar-refractivity contribution is -0.870. The highest BCUT2D eigenvalue weighted by atomic mass is 16.7. The smallest absolute Gasteiger partial charge is 0.361 e. The highest BCUT2D eigenvalue weighted by Crippen LogP contribution is 2.17. The summed E-state index contributed by atoms with van der Waals surface area (Å²) in [4.78, 5) is 37.4. The lowest BCUT2D eigenvalue weighted by atomic mass is 10.0. The number of ether oxygens (including phenoxy) is 4. The summed E-state index contributed by atoms with van der Waals surface area (Å²) < 4.78 is 22.9. The van der Waals surface area contributed by atoms with Gasteiger partial charge in [-0.25, -0.2) is 4.79 Å². The summed E-state index contributed by atoms with van der Waals surface area (Å²) in [6.07, 6.45) is 59.3. The molecule has 0 aromatic rings. The highest BCUT2D eigenvalue weighted by Gasteiger charge is 2.25. The summed E-state index contributed by atoms with van der Waals surface area (Å²) in [5.41, 5.74) is 0. The van der Waals surface area contributed by atoms with Crippen LogP contribution in [0.25, 0.3) is 0 Å². The van der Waals surface area contributed by atoms with Gasteiger partial charge in [0.25, 0.3) is 6.29 Å². The Labute approximate surface area is 426 Å². The second-order valence-electron chi connectivity index (χ2n) is 21.0. The number of rotatable bonds is 54. The third kappa shape index (κ3) is 53.1. The van der Waals surface area contributed by atoms with Crippen LogP contribution in [0.15, 0.2) is 36.5 Å². The van der Waals surface area contributed by atoms with E-state index in [1.807, 2.05) is 21.1 Å². The van der Waals surface area contributed by atoms with Crippen LogP contribution >= 0.6 is 0 Å². The fourth-order valence-electron chi connectivity index (χ4n) is 8.38. The van der Waals surface area contributed by atoms with E-state index in [1.165, 1.54) is 180 Å². The molecular weight excluding hydrogens is 863 g/mol. The van der Waals surface area contributed by atoms with Crippen molar-refractivity contribution in [2.24, 2.45) is 0 Å². The molecular formula is C60H112NO8+. The lowest BCUT2D eigenvalue weighted by Crippen LogP contribution is -2.40. The SMILES string of the molecule is CCCCCCC/C=C\C/C=C\C/C=C\CCCCCCCCC(=O)OC(COC(=O)CCCCCCCCCCCCCCCCCCCCCCCCC)COC(OCC[N+](C)(C)C)C(=O)O. The molecule has 0 aromatic heterocycles. The Balaban J connectivity index is 4.25. The number of hydrogen-bond donors (Lipinski definition) is 1. The van der Waals surface area contributed by atoms with Gasteiger partial charge in [-0.1, -0.05) is 243 Å². The van der Waals surface area contributed by atoms with Crippen LogP contribution in [-0.2, 0) is 33.3 Å². The Hall–Kier alpha value is -2.49. The van der Waals surface area contributed by atoms with E-state index in [9.17, 15) is 19.5 Å². The average molecular weight is 976 g/mol. The molecule has 0 saturated carbocycles. The van der Waals surface area contributed by atoms with Crippen LogP contribution in [-0.4, -0.2) is 87.4 Å². The zero-order valence-corrected chi connectivity index (χ0v) is 46.0. The molecule has 404 valence electrons. The molecule has 0 aliphatic heterocycles. The van der Waals surface area contributed by atoms with Crippen molar-refractivity contribution in [2.45, 2.75) is 283 Å². The number of carboxylic acids is 1. The number of hydrogen-bond acceptors (Lipinski definition) is 7. The summed E-state index contributed by atoms with van der Waals surface area (Å²) in [6, 6.07) is 0. The van der Waals surface area contributed by atoms with Gasteiger partial charge in [0.05, 0.1) is 34.4 Å². The number of carbonyl (C=O) groups is 3. The van der Waals surface area contributed by atoms with Crippen molar-refractivity contribution in [1.29, 1.82) is 0 Å². The standard InChI is InChI=1S/C60H111NO8/c1-6-8-10-12-14-16-18-20-22-24-26-28-29-31-32-34-36-38-40-42-44-46-48-50-57(62)67-54-56(55-68-60(59(64)65)66-53-52-61(3,4)5)69-58(63)51-49-47-45-43-41-39-37-35-33-30-27-25-23-21-19-17-15-13-11-9-7-2/h19,21,25,27,33,35,56,60H,6-18,20,22-24,26,28-32,34,36-55H2,1-5H3/p+1/b21-19-,27-25-,35-33-. The van der Waals surface area contributed by atoms with Gasteiger partial charge in [0.2, 0.25) is 0 Å². The van der Waals surface area contributed by atoms with Crippen LogP contribution < -0.4 is 0 Å². The second-order valence-corrected chi connectivity index (χ2v) is 21.0. The maximum absolute atomic E-state index is 12.9. The number of esters is 2. The van der Waals surface area contributed by atoms with Gasteiger partial charge in [0, 0.05) is 12.8 Å². The maximum Gasteiger partial charge on any atom is 0.361 e. The van der Waals surface area contributed by atoms with E-state index in [0.717, 1.165) is 57.8 Å². The second kappa shape index (κ2) is 51.9. The molecule has 0 rings (SSSR count). The normalized spacial score (nSPS) is 13.0. The molecule has 1 N–H and O–H groups in total. The van der Waals surface area contributed by atoms with Crippen molar-refractivity contribution in [3.05, 3.63) is 36.5 Å². The minimum atomic E-state index is -1.51. The van der Waals surface area contributed by atoms with E-state index in [0.29, 0.717) is 23.9 Å². The van der Waals surface area contributed by atoms with Gasteiger partial charge in [-0.15, -0.1) is 0 Å². The van der Waals surface area contributed by atoms with Gasteiger partial charge in [0.15, 0.2) is 6.10 Å². The molecule has 2 atom stereocenters. The quantitative estimate of drug-likeness (QED) is 0.0211. The molecule has 0 amide bonds. The van der Waals surface area contributed by atoms with Crippen LogP contribution in [0.4, 0.5) is 0 Å². The summed E-state index contributed by atoms with van der Waals surface area (Å²) in [7, 11) is 5.97. The fraction of sp³-hybridized carbons (Fsp3) is 0.850. The largest absolute Gasteiger partial charge is 0.477 e. The molecule has 9 nitrogen and oxygen atoms in total. The Morgan fingerprint density at radius 3 is 1.16 bits per heavy atom. The summed E-state index contributed by atoms with van der Waals surface area (Å²) in [6.45, 7) is 4.89. The number of unbranched alkanes of at least 4 members (excludes halogenated alkanes) is 33. The number of carbonyl (C=O) groups excluding carboxylic acids is 2. The Morgan fingerprint density at radius 1 is 0.435 bits per heavy atom. The number of allylic oxidation sites excluding steroid dienone is 6. The predicted octanol–water partition coefficient (Wildman–Crippen LogP) is 16.9. The molecule has 0 saturated heterocycles. The van der Waals surface area contributed by atoms with E-state index in [2.05, 4.69) is 50.3 Å². The van der Waals surface area contributed by atoms with Crippen molar-refractivity contribution in [3.8, 4) is 0 Å². The molecule has 0 aromatic carbocycles. The average Bonchev–Trinajstić information content (AvgIpc) is 3.31. The van der Waals surface area contributed by atoms with Crippen LogP contribution in [0.5, 0.6) is 0 Å². The molecule has 0 aliphatic carbocycles. The third-order valence-electron chi connectivity index (χ3n) is 12.9. The Morgan fingerprint density at radius 2 is 0.783 bits per heavy atom. The van der Waals surface area contributed by atoms with Crippen LogP contribution in [0.2, 0.25) is 0 Å². The van der Waals surface area contributed by atoms with E-state index in [-0.39, 0.29) is 32.2 Å². The van der Waals surface area contributed by atoms with E-state index >= 15 is 0 Å². The molecule has 0 spiro atoms. The van der Waals surface area contributed by atoms with Gasteiger partial charge >= 0.3 is 17.9 Å². The molecule has 0 bridgehead atoms. The summed E-state index contributed by atoms with van der Waals surface area (Å²) in [5, 5.41) is 9.70. The number of aliphatic carboxylic acids is 1. The molecule has 0 radical (unpaired) electrons. The lowest BCUT2D eigenvalue weighted by Gasteiger charge is -2.25. The van der Waals surface area contributed by atoms with Gasteiger partial charge in [-0.05, 0) is 51.4 Å². The van der Waals surface area contributed by atoms with Gasteiger partial charge in [-0.3, -0.25) is 9.59 Å². The van der Waals surface area contributed by atoms with Crippen LogP contribution in [0, 0.1) is 0 Å². The van der Waals surface area contributed by atoms with Gasteiger partial charge < -0.3 is 28.5 Å². The monoisotopic (exact) mass is 975 g/mol. The minimum absolute atomic E-state index is 0.184. The third-order valence-corrected chi connectivity index (χ3v) is 12.9. The first-order chi connectivity index (χ1) is 33.6. The van der Waals surface area contributed by atoms with Crippen LogP contribution in [0.1, 0.15) is 271 Å². The number of quaternary nitrogens is 1. The first-order valence-corrected chi connectivity index (χ1v) is 29.2. The molecule has 0 fully saturated rings. The molecule has 9 heteroatoms. The van der Waals surface area contributed by atoms with Crippen molar-refractivity contribution in [2.75, 3.05) is 47.5 Å². The Bertz CT molecular complexity index is 1230. The highest BCUT2D eigenvalue weighted by molar-refractivity contribution is 5.71. The summed E-state index contributed by atoms with van der Waals surface area (Å²) in [5.74, 6) is -2.01. The molecule has 2 unspecified atom stereocenters. The topological polar surface area (TPSA) is 108 Å². The van der Waals surface area contributed by atoms with Gasteiger partial charge in [0.1, 0.15) is 13.2 Å². The number of likely N-dealkylation sites (N-methyl/N-ethyl adjacent to an activating group) is 1. The number of carboxylic acid groups (broad SMARTS) is 1. The predicted molar refractivity (Wildman–Crippen MR) is 291 cm³/mol. The first-order valence-electron chi connectivity index (χ1n) is 29.2. The summed E-state index contributed by atoms with van der Waals surface area (Å²) >= 11 is 0. The van der Waals surface area contributed by atoms with Crippen molar-refractivity contribution < 1.29 is 42.9 Å². The van der Waals surface area contributed by atoms with E-state index in [4.69, 9.17) is 18.9 Å². The maximum atomic E-state index is 12.9. The van der Waals surface area contributed by atoms with Crippen molar-refractivity contribution in [1.82, 2.24) is 0 Å². The zero-order valence-electron chi connectivity index (χ0n) is 46.0.